The monoisotopic (exact) mass is 325 g/mol. The molecule has 0 saturated heterocycles. The minimum Gasteiger partial charge on any atom is -0.325 e. The second kappa shape index (κ2) is 6.20. The van der Waals surface area contributed by atoms with E-state index in [1.54, 1.807) is 17.8 Å². The lowest BCUT2D eigenvalue weighted by molar-refractivity contribution is -0.116. The van der Waals surface area contributed by atoms with Crippen LogP contribution in [0.4, 0.5) is 5.69 Å². The van der Waals surface area contributed by atoms with Crippen molar-refractivity contribution in [2.45, 2.75) is 31.6 Å². The third-order valence-corrected chi connectivity index (χ3v) is 5.36. The van der Waals surface area contributed by atoms with Gasteiger partial charge in [0.1, 0.15) is 0 Å². The van der Waals surface area contributed by atoms with Crippen molar-refractivity contribution in [3.05, 3.63) is 58.7 Å². The Morgan fingerprint density at radius 2 is 1.96 bits per heavy atom. The molecule has 2 aromatic rings. The summed E-state index contributed by atoms with van der Waals surface area (Å²) in [5.41, 5.74) is 4.82. The lowest BCUT2D eigenvalue weighted by Crippen LogP contribution is -2.08. The summed E-state index contributed by atoms with van der Waals surface area (Å²) in [6, 6.07) is 11.7. The van der Waals surface area contributed by atoms with Crippen LogP contribution in [0.25, 0.3) is 0 Å². The smallest absolute Gasteiger partial charge is 0.231 e. The third-order valence-electron chi connectivity index (χ3n) is 4.18. The predicted octanol–water partition coefficient (Wildman–Crippen LogP) is 4.33. The van der Waals surface area contributed by atoms with Crippen LogP contribution in [0.15, 0.2) is 41.3 Å². The molecule has 1 N–H and O–H groups in total. The first-order valence-corrected chi connectivity index (χ1v) is 8.62. The van der Waals surface area contributed by atoms with E-state index in [4.69, 9.17) is 0 Å². The molecule has 0 unspecified atom stereocenters. The summed E-state index contributed by atoms with van der Waals surface area (Å²) >= 11 is 1.56. The van der Waals surface area contributed by atoms with Crippen LogP contribution in [-0.2, 0) is 4.79 Å². The highest BCUT2D eigenvalue weighted by Crippen LogP contribution is 2.33. The summed E-state index contributed by atoms with van der Waals surface area (Å²) in [6.45, 7) is 5.99. The number of hydrogen-bond donors (Lipinski definition) is 1. The van der Waals surface area contributed by atoms with Gasteiger partial charge in [-0.3, -0.25) is 9.59 Å². The van der Waals surface area contributed by atoms with Crippen molar-refractivity contribution in [3.63, 3.8) is 0 Å². The fourth-order valence-electron chi connectivity index (χ4n) is 2.78. The van der Waals surface area contributed by atoms with Crippen LogP contribution in [0.3, 0.4) is 0 Å². The van der Waals surface area contributed by atoms with Crippen LogP contribution in [0.2, 0.25) is 0 Å². The Labute approximate surface area is 140 Å². The maximum Gasteiger partial charge on any atom is 0.231 e. The SMILES string of the molecule is Cc1ccc(SCC(=O)c2ccc3c(c2)[C@@H](C)C(=O)N3)c(C)c1. The minimum absolute atomic E-state index is 0.00532. The maximum atomic E-state index is 12.5. The number of aryl methyl sites for hydroxylation is 2. The maximum absolute atomic E-state index is 12.5. The van der Waals surface area contributed by atoms with Gasteiger partial charge in [-0.2, -0.15) is 0 Å². The zero-order valence-corrected chi connectivity index (χ0v) is 14.3. The first-order chi connectivity index (χ1) is 11.0. The number of benzene rings is 2. The molecule has 0 saturated carbocycles. The Morgan fingerprint density at radius 1 is 1.17 bits per heavy atom. The molecule has 4 heteroatoms. The number of amides is 1. The molecule has 0 fully saturated rings. The van der Waals surface area contributed by atoms with Crippen molar-refractivity contribution in [3.8, 4) is 0 Å². The number of ketones is 1. The molecule has 0 spiro atoms. The largest absolute Gasteiger partial charge is 0.325 e. The fourth-order valence-corrected chi connectivity index (χ4v) is 3.68. The number of carbonyl (C=O) groups excluding carboxylic acids is 2. The predicted molar refractivity (Wildman–Crippen MR) is 94.5 cm³/mol. The average Bonchev–Trinajstić information content (AvgIpc) is 2.80. The molecule has 3 rings (SSSR count). The Kier molecular flexibility index (Phi) is 4.26. The summed E-state index contributed by atoms with van der Waals surface area (Å²) in [6.07, 6.45) is 0. The normalized spacial score (nSPS) is 16.1. The van der Waals surface area contributed by atoms with E-state index in [0.29, 0.717) is 11.3 Å². The molecule has 3 nitrogen and oxygen atoms in total. The van der Waals surface area contributed by atoms with E-state index < -0.39 is 0 Å². The van der Waals surface area contributed by atoms with Crippen molar-refractivity contribution in [1.29, 1.82) is 0 Å². The number of rotatable bonds is 4. The zero-order valence-electron chi connectivity index (χ0n) is 13.5. The van der Waals surface area contributed by atoms with Gasteiger partial charge in [0.2, 0.25) is 5.91 Å². The first kappa shape index (κ1) is 15.8. The molecular weight excluding hydrogens is 306 g/mol. The Bertz CT molecular complexity index is 798. The quantitative estimate of drug-likeness (QED) is 0.672. The van der Waals surface area contributed by atoms with E-state index in [0.717, 1.165) is 16.1 Å². The summed E-state index contributed by atoms with van der Waals surface area (Å²) < 4.78 is 0. The molecule has 118 valence electrons. The topological polar surface area (TPSA) is 46.2 Å². The molecule has 0 aliphatic carbocycles. The Morgan fingerprint density at radius 3 is 2.70 bits per heavy atom. The number of nitrogens with one attached hydrogen (secondary N) is 1. The highest BCUT2D eigenvalue weighted by atomic mass is 32.2. The van der Waals surface area contributed by atoms with Crippen molar-refractivity contribution >= 4 is 29.1 Å². The van der Waals surface area contributed by atoms with Crippen LogP contribution in [-0.4, -0.2) is 17.4 Å². The van der Waals surface area contributed by atoms with Gasteiger partial charge >= 0.3 is 0 Å². The van der Waals surface area contributed by atoms with E-state index in [-0.39, 0.29) is 17.6 Å². The lowest BCUT2D eigenvalue weighted by Gasteiger charge is -2.08. The van der Waals surface area contributed by atoms with Crippen molar-refractivity contribution in [2.75, 3.05) is 11.1 Å². The summed E-state index contributed by atoms with van der Waals surface area (Å²) in [5.74, 6) is 0.293. The van der Waals surface area contributed by atoms with Gasteiger partial charge in [0.05, 0.1) is 11.7 Å². The number of thioether (sulfide) groups is 1. The number of anilines is 1. The van der Waals surface area contributed by atoms with E-state index in [1.165, 1.54) is 11.1 Å². The second-order valence-corrected chi connectivity index (χ2v) is 7.01. The van der Waals surface area contributed by atoms with Crippen molar-refractivity contribution < 1.29 is 9.59 Å². The van der Waals surface area contributed by atoms with Gasteiger partial charge in [-0.05, 0) is 56.2 Å². The molecule has 0 aromatic heterocycles. The van der Waals surface area contributed by atoms with Gasteiger partial charge < -0.3 is 5.32 Å². The molecule has 1 atom stereocenters. The van der Waals surface area contributed by atoms with Gasteiger partial charge in [0.15, 0.2) is 5.78 Å². The van der Waals surface area contributed by atoms with E-state index in [2.05, 4.69) is 37.4 Å². The number of hydrogen-bond acceptors (Lipinski definition) is 3. The second-order valence-electron chi connectivity index (χ2n) is 5.99. The minimum atomic E-state index is -0.190. The number of fused-ring (bicyclic) bond motifs is 1. The van der Waals surface area contributed by atoms with E-state index in [1.807, 2.05) is 19.1 Å². The Balaban J connectivity index is 1.73. The number of Topliss-reactive ketones (excluding diaryl/α,β-unsaturated/α-hetero) is 1. The number of carbonyl (C=O) groups is 2. The van der Waals surface area contributed by atoms with Crippen LogP contribution in [0.1, 0.15) is 39.9 Å². The molecular formula is C19H19NO2S. The summed E-state index contributed by atoms with van der Waals surface area (Å²) in [5, 5.41) is 2.83. The molecule has 23 heavy (non-hydrogen) atoms. The standard InChI is InChI=1S/C19H19NO2S/c1-11-4-7-18(12(2)8-11)23-10-17(21)14-5-6-16-15(9-14)13(3)19(22)20-16/h4-9,13H,10H2,1-3H3,(H,20,22)/t13-/m1/s1. The molecule has 1 heterocycles. The molecule has 0 bridgehead atoms. The van der Waals surface area contributed by atoms with Crippen LogP contribution < -0.4 is 5.32 Å². The highest BCUT2D eigenvalue weighted by molar-refractivity contribution is 8.00. The fraction of sp³-hybridized carbons (Fsp3) is 0.263. The Hall–Kier alpha value is -2.07. The van der Waals surface area contributed by atoms with E-state index in [9.17, 15) is 9.59 Å². The molecule has 1 aliphatic rings. The van der Waals surface area contributed by atoms with Crippen molar-refractivity contribution in [1.82, 2.24) is 0 Å². The van der Waals surface area contributed by atoms with Crippen LogP contribution >= 0.6 is 11.8 Å². The molecule has 2 aromatic carbocycles. The molecule has 1 amide bonds. The van der Waals surface area contributed by atoms with Crippen molar-refractivity contribution in [2.24, 2.45) is 0 Å². The van der Waals surface area contributed by atoms with Gasteiger partial charge in [-0.15, -0.1) is 11.8 Å². The van der Waals surface area contributed by atoms with Crippen LogP contribution in [0, 0.1) is 13.8 Å². The average molecular weight is 325 g/mol. The highest BCUT2D eigenvalue weighted by Gasteiger charge is 2.27. The van der Waals surface area contributed by atoms with Crippen LogP contribution in [0.5, 0.6) is 0 Å². The van der Waals surface area contributed by atoms with Gasteiger partial charge in [-0.1, -0.05) is 17.7 Å². The third kappa shape index (κ3) is 3.17. The zero-order chi connectivity index (χ0) is 16.6. The first-order valence-electron chi connectivity index (χ1n) is 7.64. The van der Waals surface area contributed by atoms with E-state index >= 15 is 0 Å². The van der Waals surface area contributed by atoms with Gasteiger partial charge in [0, 0.05) is 16.1 Å². The van der Waals surface area contributed by atoms with Gasteiger partial charge in [0.25, 0.3) is 0 Å². The molecule has 0 radical (unpaired) electrons. The summed E-state index contributed by atoms with van der Waals surface area (Å²) in [4.78, 5) is 25.3. The van der Waals surface area contributed by atoms with Gasteiger partial charge in [-0.25, -0.2) is 0 Å². The summed E-state index contributed by atoms with van der Waals surface area (Å²) in [7, 11) is 0. The molecule has 1 aliphatic heterocycles. The lowest BCUT2D eigenvalue weighted by atomic mass is 9.99.